The molecule has 2 aromatic heterocycles. The van der Waals surface area contributed by atoms with Gasteiger partial charge in [0.1, 0.15) is 0 Å². The van der Waals surface area contributed by atoms with Gasteiger partial charge in [-0.25, -0.2) is 4.68 Å². The van der Waals surface area contributed by atoms with Crippen LogP contribution in [0.1, 0.15) is 61.5 Å². The van der Waals surface area contributed by atoms with Crippen LogP contribution < -0.4 is 5.32 Å². The highest BCUT2D eigenvalue weighted by molar-refractivity contribution is 7.10. The average molecular weight is 291 g/mol. The summed E-state index contributed by atoms with van der Waals surface area (Å²) in [4.78, 5) is 1.50. The van der Waals surface area contributed by atoms with Crippen molar-refractivity contribution < 1.29 is 0 Å². The van der Waals surface area contributed by atoms with Crippen LogP contribution >= 0.6 is 11.3 Å². The maximum absolute atomic E-state index is 4.27. The Morgan fingerprint density at radius 2 is 2.45 bits per heavy atom. The standard InChI is InChI=1S/C14H21N5S/c1-3-8-15-10(2)14-16-17-18-19(14)12-5-4-6-13-11(12)7-9-20-13/h7,9-10,12,15H,3-6,8H2,1-2H3. The van der Waals surface area contributed by atoms with Crippen molar-refractivity contribution in [3.8, 4) is 0 Å². The molecule has 108 valence electrons. The van der Waals surface area contributed by atoms with Crippen molar-refractivity contribution in [2.45, 2.75) is 51.6 Å². The Morgan fingerprint density at radius 1 is 1.55 bits per heavy atom. The van der Waals surface area contributed by atoms with Gasteiger partial charge in [-0.1, -0.05) is 6.92 Å². The van der Waals surface area contributed by atoms with Gasteiger partial charge in [-0.05, 0) is 66.6 Å². The third-order valence-corrected chi connectivity index (χ3v) is 4.92. The average Bonchev–Trinajstić information content (AvgIpc) is 3.12. The number of nitrogens with zero attached hydrogens (tertiary/aromatic N) is 4. The molecule has 0 saturated carbocycles. The highest BCUT2D eigenvalue weighted by Crippen LogP contribution is 2.36. The van der Waals surface area contributed by atoms with E-state index in [1.807, 2.05) is 16.0 Å². The molecule has 0 aromatic carbocycles. The van der Waals surface area contributed by atoms with Gasteiger partial charge in [0.05, 0.1) is 12.1 Å². The zero-order valence-corrected chi connectivity index (χ0v) is 12.9. The third kappa shape index (κ3) is 2.50. The van der Waals surface area contributed by atoms with Gasteiger partial charge in [0.25, 0.3) is 0 Å². The van der Waals surface area contributed by atoms with E-state index in [4.69, 9.17) is 0 Å². The number of fused-ring (bicyclic) bond motifs is 1. The van der Waals surface area contributed by atoms with Gasteiger partial charge in [-0.15, -0.1) is 16.4 Å². The maximum Gasteiger partial charge on any atom is 0.168 e. The number of aryl methyl sites for hydroxylation is 1. The van der Waals surface area contributed by atoms with Crippen LogP contribution in [0, 0.1) is 0 Å². The zero-order valence-electron chi connectivity index (χ0n) is 12.0. The van der Waals surface area contributed by atoms with E-state index in [0.717, 1.165) is 25.2 Å². The van der Waals surface area contributed by atoms with E-state index in [1.54, 1.807) is 0 Å². The Kier molecular flexibility index (Phi) is 4.12. The number of nitrogens with one attached hydrogen (secondary N) is 1. The molecule has 0 fully saturated rings. The van der Waals surface area contributed by atoms with Gasteiger partial charge < -0.3 is 5.32 Å². The summed E-state index contributed by atoms with van der Waals surface area (Å²) < 4.78 is 2.03. The minimum Gasteiger partial charge on any atom is -0.307 e. The summed E-state index contributed by atoms with van der Waals surface area (Å²) >= 11 is 1.86. The van der Waals surface area contributed by atoms with E-state index in [1.165, 1.54) is 23.3 Å². The summed E-state index contributed by atoms with van der Waals surface area (Å²) in [6.45, 7) is 5.29. The van der Waals surface area contributed by atoms with Crippen molar-refractivity contribution in [3.05, 3.63) is 27.7 Å². The second-order valence-electron chi connectivity index (χ2n) is 5.36. The second-order valence-corrected chi connectivity index (χ2v) is 6.37. The first-order valence-electron chi connectivity index (χ1n) is 7.38. The number of thiophene rings is 1. The number of rotatable bonds is 5. The number of hydrogen-bond acceptors (Lipinski definition) is 5. The predicted octanol–water partition coefficient (Wildman–Crippen LogP) is 2.72. The fraction of sp³-hybridized carbons (Fsp3) is 0.643. The van der Waals surface area contributed by atoms with Crippen LogP contribution in [-0.2, 0) is 6.42 Å². The smallest absolute Gasteiger partial charge is 0.168 e. The molecule has 0 saturated heterocycles. The highest BCUT2D eigenvalue weighted by Gasteiger charge is 2.27. The molecule has 1 aliphatic carbocycles. The largest absolute Gasteiger partial charge is 0.307 e. The molecule has 6 heteroatoms. The minimum absolute atomic E-state index is 0.189. The molecule has 2 atom stereocenters. The Bertz CT molecular complexity index is 561. The molecule has 1 N–H and O–H groups in total. The fourth-order valence-electron chi connectivity index (χ4n) is 2.88. The first kappa shape index (κ1) is 13.7. The second kappa shape index (κ2) is 6.01. The SMILES string of the molecule is CCCNC(C)c1nnnn1C1CCCc2sccc21. The predicted molar refractivity (Wildman–Crippen MR) is 79.9 cm³/mol. The normalized spacial score (nSPS) is 19.8. The first-order valence-corrected chi connectivity index (χ1v) is 8.26. The summed E-state index contributed by atoms with van der Waals surface area (Å²) in [5.74, 6) is 0.947. The topological polar surface area (TPSA) is 55.6 Å². The van der Waals surface area contributed by atoms with Crippen LogP contribution in [0.25, 0.3) is 0 Å². The molecule has 2 unspecified atom stereocenters. The molecule has 0 radical (unpaired) electrons. The Morgan fingerprint density at radius 3 is 3.30 bits per heavy atom. The first-order chi connectivity index (χ1) is 9.81. The van der Waals surface area contributed by atoms with Crippen LogP contribution in [0.4, 0.5) is 0 Å². The van der Waals surface area contributed by atoms with Crippen LogP contribution in [0.2, 0.25) is 0 Å². The van der Waals surface area contributed by atoms with Crippen molar-refractivity contribution in [1.29, 1.82) is 0 Å². The molecular formula is C14H21N5S. The van der Waals surface area contributed by atoms with Crippen LogP contribution in [0.15, 0.2) is 11.4 Å². The van der Waals surface area contributed by atoms with Crippen molar-refractivity contribution >= 4 is 11.3 Å². The van der Waals surface area contributed by atoms with Gasteiger partial charge in [-0.3, -0.25) is 0 Å². The molecule has 5 nitrogen and oxygen atoms in total. The van der Waals surface area contributed by atoms with E-state index in [9.17, 15) is 0 Å². The van der Waals surface area contributed by atoms with Gasteiger partial charge in [0, 0.05) is 4.88 Å². The Hall–Kier alpha value is -1.27. The van der Waals surface area contributed by atoms with E-state index >= 15 is 0 Å². The van der Waals surface area contributed by atoms with Gasteiger partial charge >= 0.3 is 0 Å². The number of aromatic nitrogens is 4. The monoisotopic (exact) mass is 291 g/mol. The summed E-state index contributed by atoms with van der Waals surface area (Å²) in [6.07, 6.45) is 4.66. The minimum atomic E-state index is 0.189. The molecule has 20 heavy (non-hydrogen) atoms. The lowest BCUT2D eigenvalue weighted by atomic mass is 9.94. The summed E-state index contributed by atoms with van der Waals surface area (Å²) in [5, 5.41) is 18.1. The van der Waals surface area contributed by atoms with Gasteiger partial charge in [-0.2, -0.15) is 0 Å². The lowest BCUT2D eigenvalue weighted by Gasteiger charge is -2.24. The highest BCUT2D eigenvalue weighted by atomic mass is 32.1. The van der Waals surface area contributed by atoms with Crippen LogP contribution in [0.3, 0.4) is 0 Å². The maximum atomic E-state index is 4.27. The summed E-state index contributed by atoms with van der Waals surface area (Å²) in [7, 11) is 0. The van der Waals surface area contributed by atoms with Gasteiger partial charge in [0.15, 0.2) is 5.82 Å². The molecule has 0 spiro atoms. The molecule has 0 aliphatic heterocycles. The van der Waals surface area contributed by atoms with Crippen molar-refractivity contribution in [1.82, 2.24) is 25.5 Å². The molecule has 0 bridgehead atoms. The van der Waals surface area contributed by atoms with Gasteiger partial charge in [0.2, 0.25) is 0 Å². The van der Waals surface area contributed by atoms with Crippen LogP contribution in [-0.4, -0.2) is 26.8 Å². The van der Waals surface area contributed by atoms with E-state index in [2.05, 4.69) is 46.1 Å². The lowest BCUT2D eigenvalue weighted by Crippen LogP contribution is -2.26. The molecule has 3 rings (SSSR count). The molecule has 0 amide bonds. The summed E-state index contributed by atoms with van der Waals surface area (Å²) in [5.41, 5.74) is 1.41. The van der Waals surface area contributed by atoms with Crippen molar-refractivity contribution in [2.75, 3.05) is 6.54 Å². The zero-order chi connectivity index (χ0) is 13.9. The number of tetrazole rings is 1. The van der Waals surface area contributed by atoms with E-state index in [-0.39, 0.29) is 6.04 Å². The molecular weight excluding hydrogens is 270 g/mol. The van der Waals surface area contributed by atoms with Crippen molar-refractivity contribution in [2.24, 2.45) is 0 Å². The Labute approximate surface area is 123 Å². The lowest BCUT2D eigenvalue weighted by molar-refractivity contribution is 0.408. The summed E-state index contributed by atoms with van der Waals surface area (Å²) in [6, 6.07) is 2.73. The van der Waals surface area contributed by atoms with Crippen LogP contribution in [0.5, 0.6) is 0 Å². The van der Waals surface area contributed by atoms with Crippen molar-refractivity contribution in [3.63, 3.8) is 0 Å². The molecule has 2 heterocycles. The van der Waals surface area contributed by atoms with E-state index in [0.29, 0.717) is 6.04 Å². The van der Waals surface area contributed by atoms with E-state index < -0.39 is 0 Å². The fourth-order valence-corrected chi connectivity index (χ4v) is 3.86. The Balaban J connectivity index is 1.87. The molecule has 2 aromatic rings. The number of hydrogen-bond donors (Lipinski definition) is 1. The molecule has 1 aliphatic rings. The third-order valence-electron chi connectivity index (χ3n) is 3.92. The quantitative estimate of drug-likeness (QED) is 0.920.